The van der Waals surface area contributed by atoms with E-state index in [0.717, 1.165) is 37.5 Å². The molecule has 24 heavy (non-hydrogen) atoms. The second-order valence-electron chi connectivity index (χ2n) is 5.13. The maximum absolute atomic E-state index is 6.17. The monoisotopic (exact) mass is 375 g/mol. The third-order valence-electron chi connectivity index (χ3n) is 3.20. The topological polar surface area (TPSA) is 54.9 Å². The minimum Gasteiger partial charge on any atom is -0.382 e. The SMILES string of the molecule is CCNC(=NCCCc1ccc(Cl)cc1Cl)NCCOCCOC. The van der Waals surface area contributed by atoms with Gasteiger partial charge in [0.2, 0.25) is 0 Å². The van der Waals surface area contributed by atoms with Crippen LogP contribution in [-0.4, -0.2) is 52.5 Å². The van der Waals surface area contributed by atoms with Crippen molar-refractivity contribution in [2.75, 3.05) is 46.6 Å². The minimum atomic E-state index is 0.605. The summed E-state index contributed by atoms with van der Waals surface area (Å²) in [6, 6.07) is 5.60. The summed E-state index contributed by atoms with van der Waals surface area (Å²) in [5, 5.41) is 7.83. The number of benzene rings is 1. The molecule has 0 heterocycles. The number of nitrogens with one attached hydrogen (secondary N) is 2. The van der Waals surface area contributed by atoms with Gasteiger partial charge >= 0.3 is 0 Å². The molecule has 0 fully saturated rings. The molecular weight excluding hydrogens is 349 g/mol. The van der Waals surface area contributed by atoms with E-state index >= 15 is 0 Å². The Bertz CT molecular complexity index is 499. The standard InChI is InChI=1S/C17H27Cl2N3O2/c1-3-20-17(22-9-10-24-12-11-23-2)21-8-4-5-14-6-7-15(18)13-16(14)19/h6-7,13H,3-5,8-12H2,1-2H3,(H2,20,21,22). The van der Waals surface area contributed by atoms with Crippen molar-refractivity contribution in [3.05, 3.63) is 33.8 Å². The van der Waals surface area contributed by atoms with Gasteiger partial charge in [0, 0.05) is 36.8 Å². The fourth-order valence-electron chi connectivity index (χ4n) is 2.01. The van der Waals surface area contributed by atoms with Gasteiger partial charge < -0.3 is 20.1 Å². The molecule has 0 aliphatic heterocycles. The molecular formula is C17H27Cl2N3O2. The summed E-state index contributed by atoms with van der Waals surface area (Å²) < 4.78 is 10.3. The van der Waals surface area contributed by atoms with Crippen molar-refractivity contribution < 1.29 is 9.47 Å². The molecule has 0 aliphatic carbocycles. The minimum absolute atomic E-state index is 0.605. The Balaban J connectivity index is 2.29. The molecule has 5 nitrogen and oxygen atoms in total. The fourth-order valence-corrected chi connectivity index (χ4v) is 2.52. The average Bonchev–Trinajstić information content (AvgIpc) is 2.56. The van der Waals surface area contributed by atoms with Crippen molar-refractivity contribution in [1.29, 1.82) is 0 Å². The zero-order valence-corrected chi connectivity index (χ0v) is 15.9. The van der Waals surface area contributed by atoms with Crippen LogP contribution in [0.1, 0.15) is 18.9 Å². The number of aryl methyl sites for hydroxylation is 1. The molecule has 1 aromatic rings. The summed E-state index contributed by atoms with van der Waals surface area (Å²) >= 11 is 12.1. The second-order valence-corrected chi connectivity index (χ2v) is 5.98. The van der Waals surface area contributed by atoms with Crippen LogP contribution < -0.4 is 10.6 Å². The van der Waals surface area contributed by atoms with Crippen molar-refractivity contribution in [2.45, 2.75) is 19.8 Å². The molecule has 1 aromatic carbocycles. The molecule has 0 aliphatic rings. The molecule has 0 saturated heterocycles. The zero-order chi connectivity index (χ0) is 17.6. The summed E-state index contributed by atoms with van der Waals surface area (Å²) in [7, 11) is 1.66. The van der Waals surface area contributed by atoms with Gasteiger partial charge in [-0.25, -0.2) is 0 Å². The molecule has 0 spiro atoms. The molecule has 0 bridgehead atoms. The van der Waals surface area contributed by atoms with Crippen molar-refractivity contribution >= 4 is 29.2 Å². The first-order valence-electron chi connectivity index (χ1n) is 8.20. The van der Waals surface area contributed by atoms with Gasteiger partial charge in [-0.15, -0.1) is 0 Å². The number of hydrogen-bond donors (Lipinski definition) is 2. The summed E-state index contributed by atoms with van der Waals surface area (Å²) in [6.07, 6.45) is 1.79. The van der Waals surface area contributed by atoms with E-state index in [9.17, 15) is 0 Å². The van der Waals surface area contributed by atoms with Crippen molar-refractivity contribution in [3.8, 4) is 0 Å². The highest BCUT2D eigenvalue weighted by molar-refractivity contribution is 6.35. The Kier molecular flexibility index (Phi) is 11.7. The van der Waals surface area contributed by atoms with Gasteiger partial charge in [-0.1, -0.05) is 29.3 Å². The number of ether oxygens (including phenoxy) is 2. The van der Waals surface area contributed by atoms with Gasteiger partial charge in [0.15, 0.2) is 5.96 Å². The normalized spacial score (nSPS) is 11.6. The largest absolute Gasteiger partial charge is 0.382 e. The van der Waals surface area contributed by atoms with Crippen LogP contribution >= 0.6 is 23.2 Å². The number of aliphatic imine (C=N–C) groups is 1. The Hall–Kier alpha value is -1.01. The van der Waals surface area contributed by atoms with E-state index in [-0.39, 0.29) is 0 Å². The Morgan fingerprint density at radius 2 is 2.00 bits per heavy atom. The maximum Gasteiger partial charge on any atom is 0.191 e. The van der Waals surface area contributed by atoms with Crippen LogP contribution in [0.25, 0.3) is 0 Å². The van der Waals surface area contributed by atoms with Gasteiger partial charge in [0.1, 0.15) is 0 Å². The van der Waals surface area contributed by atoms with E-state index in [1.54, 1.807) is 13.2 Å². The van der Waals surface area contributed by atoms with Crippen molar-refractivity contribution in [3.63, 3.8) is 0 Å². The summed E-state index contributed by atoms with van der Waals surface area (Å²) in [4.78, 5) is 4.55. The number of guanidine groups is 1. The van der Waals surface area contributed by atoms with Gasteiger partial charge in [-0.2, -0.15) is 0 Å². The number of hydrogen-bond acceptors (Lipinski definition) is 3. The number of nitrogens with zero attached hydrogens (tertiary/aromatic N) is 1. The van der Waals surface area contributed by atoms with E-state index in [1.807, 2.05) is 19.1 Å². The summed E-state index contributed by atoms with van der Waals surface area (Å²) in [5.41, 5.74) is 1.10. The summed E-state index contributed by atoms with van der Waals surface area (Å²) in [5.74, 6) is 0.801. The van der Waals surface area contributed by atoms with Crippen molar-refractivity contribution in [1.82, 2.24) is 10.6 Å². The van der Waals surface area contributed by atoms with Crippen LogP contribution in [0.2, 0.25) is 10.0 Å². The molecule has 7 heteroatoms. The lowest BCUT2D eigenvalue weighted by Gasteiger charge is -2.11. The van der Waals surface area contributed by atoms with Crippen LogP contribution in [0.3, 0.4) is 0 Å². The first-order chi connectivity index (χ1) is 11.7. The molecule has 0 amide bonds. The average molecular weight is 376 g/mol. The molecule has 0 aromatic heterocycles. The van der Waals surface area contributed by atoms with Gasteiger partial charge in [0.05, 0.1) is 19.8 Å². The molecule has 0 saturated carbocycles. The van der Waals surface area contributed by atoms with Crippen LogP contribution in [0.4, 0.5) is 0 Å². The lowest BCUT2D eigenvalue weighted by molar-refractivity contribution is 0.0733. The lowest BCUT2D eigenvalue weighted by atomic mass is 10.1. The highest BCUT2D eigenvalue weighted by Gasteiger charge is 2.01. The first-order valence-corrected chi connectivity index (χ1v) is 8.95. The first kappa shape index (κ1) is 21.0. The third-order valence-corrected chi connectivity index (χ3v) is 3.79. The predicted molar refractivity (Wildman–Crippen MR) is 101 cm³/mol. The maximum atomic E-state index is 6.17. The highest BCUT2D eigenvalue weighted by Crippen LogP contribution is 2.21. The Morgan fingerprint density at radius 1 is 1.17 bits per heavy atom. The molecule has 2 N–H and O–H groups in total. The van der Waals surface area contributed by atoms with Crippen molar-refractivity contribution in [2.24, 2.45) is 4.99 Å². The van der Waals surface area contributed by atoms with E-state index in [1.165, 1.54) is 0 Å². The van der Waals surface area contributed by atoms with E-state index in [0.29, 0.717) is 36.4 Å². The van der Waals surface area contributed by atoms with Gasteiger partial charge in [-0.05, 0) is 37.5 Å². The lowest BCUT2D eigenvalue weighted by Crippen LogP contribution is -2.39. The zero-order valence-electron chi connectivity index (χ0n) is 14.4. The highest BCUT2D eigenvalue weighted by atomic mass is 35.5. The van der Waals surface area contributed by atoms with E-state index in [2.05, 4.69) is 15.6 Å². The molecule has 0 radical (unpaired) electrons. The Labute approximate surface area is 154 Å². The van der Waals surface area contributed by atoms with Gasteiger partial charge in [0.25, 0.3) is 0 Å². The fraction of sp³-hybridized carbons (Fsp3) is 0.588. The molecule has 0 atom stereocenters. The molecule has 1 rings (SSSR count). The predicted octanol–water partition coefficient (Wildman–Crippen LogP) is 3.14. The van der Waals surface area contributed by atoms with Crippen LogP contribution in [0.15, 0.2) is 23.2 Å². The van der Waals surface area contributed by atoms with Gasteiger partial charge in [-0.3, -0.25) is 4.99 Å². The third kappa shape index (κ3) is 9.33. The number of halogens is 2. The van der Waals surface area contributed by atoms with Crippen LogP contribution in [-0.2, 0) is 15.9 Å². The van der Waals surface area contributed by atoms with Crippen LogP contribution in [0.5, 0.6) is 0 Å². The van der Waals surface area contributed by atoms with E-state index < -0.39 is 0 Å². The smallest absolute Gasteiger partial charge is 0.191 e. The molecule has 136 valence electrons. The Morgan fingerprint density at radius 3 is 2.71 bits per heavy atom. The van der Waals surface area contributed by atoms with Crippen LogP contribution in [0, 0.1) is 0 Å². The van der Waals surface area contributed by atoms with E-state index in [4.69, 9.17) is 32.7 Å². The molecule has 0 unspecified atom stereocenters. The number of rotatable bonds is 11. The number of methoxy groups -OCH3 is 1. The summed E-state index contributed by atoms with van der Waals surface area (Å²) in [6.45, 7) is 6.12. The quantitative estimate of drug-likeness (QED) is 0.354. The second kappa shape index (κ2) is 13.3.